The summed E-state index contributed by atoms with van der Waals surface area (Å²) in [4.78, 5) is 22.3. The minimum atomic E-state index is -4.10. The van der Waals surface area contributed by atoms with Crippen LogP contribution in [-0.2, 0) is 27.7 Å². The zero-order chi connectivity index (χ0) is 21.9. The summed E-state index contributed by atoms with van der Waals surface area (Å²) in [6, 6.07) is 8.94. The molecule has 3 N–H and O–H groups in total. The molecule has 0 radical (unpaired) electrons. The van der Waals surface area contributed by atoms with E-state index in [-0.39, 0.29) is 11.8 Å². The SMILES string of the molecule is CC(NC(=O)COc1ccc(S(N)(=O)=O)cc1[N+](=O)[O-])c1ccc2c(c1)CCCC2. The van der Waals surface area contributed by atoms with Crippen molar-refractivity contribution in [1.29, 1.82) is 0 Å². The van der Waals surface area contributed by atoms with E-state index >= 15 is 0 Å². The first-order valence-corrected chi connectivity index (χ1v) is 11.0. The molecule has 0 spiro atoms. The van der Waals surface area contributed by atoms with E-state index in [2.05, 4.69) is 17.4 Å². The average Bonchev–Trinajstić information content (AvgIpc) is 2.70. The second kappa shape index (κ2) is 8.80. The van der Waals surface area contributed by atoms with Crippen molar-refractivity contribution in [2.24, 2.45) is 5.14 Å². The van der Waals surface area contributed by atoms with Crippen LogP contribution in [0.15, 0.2) is 41.3 Å². The fraction of sp³-hybridized carbons (Fsp3) is 0.350. The number of hydrogen-bond acceptors (Lipinski definition) is 6. The Hall–Kier alpha value is -2.98. The quantitative estimate of drug-likeness (QED) is 0.507. The zero-order valence-corrected chi connectivity index (χ0v) is 17.3. The summed E-state index contributed by atoms with van der Waals surface area (Å²) in [7, 11) is -4.10. The van der Waals surface area contributed by atoms with E-state index in [9.17, 15) is 23.3 Å². The number of nitrogens with two attached hydrogens (primary N) is 1. The van der Waals surface area contributed by atoms with Gasteiger partial charge in [0.15, 0.2) is 12.4 Å². The van der Waals surface area contributed by atoms with Crippen LogP contribution in [0, 0.1) is 10.1 Å². The van der Waals surface area contributed by atoms with E-state index in [0.29, 0.717) is 0 Å². The van der Waals surface area contributed by atoms with Crippen molar-refractivity contribution in [3.05, 3.63) is 63.2 Å². The van der Waals surface area contributed by atoms with Gasteiger partial charge >= 0.3 is 5.69 Å². The number of nitro benzene ring substituents is 1. The molecule has 0 bridgehead atoms. The van der Waals surface area contributed by atoms with E-state index in [1.165, 1.54) is 17.5 Å². The Morgan fingerprint density at radius 3 is 2.57 bits per heavy atom. The fourth-order valence-corrected chi connectivity index (χ4v) is 4.00. The summed E-state index contributed by atoms with van der Waals surface area (Å²) >= 11 is 0. The number of primary sulfonamides is 1. The molecule has 0 aromatic heterocycles. The standard InChI is InChI=1S/C20H23N3O6S/c1-13(15-7-6-14-4-2-3-5-16(14)10-15)22-20(24)12-29-19-9-8-17(30(21,27)28)11-18(19)23(25)26/h6-11,13H,2-5,12H2,1H3,(H,22,24)(H2,21,27,28). The highest BCUT2D eigenvalue weighted by molar-refractivity contribution is 7.89. The highest BCUT2D eigenvalue weighted by atomic mass is 32.2. The van der Waals surface area contributed by atoms with Gasteiger partial charge in [0.25, 0.3) is 5.91 Å². The molecule has 1 aliphatic carbocycles. The summed E-state index contributed by atoms with van der Waals surface area (Å²) < 4.78 is 28.0. The lowest BCUT2D eigenvalue weighted by molar-refractivity contribution is -0.386. The molecule has 1 aliphatic rings. The van der Waals surface area contributed by atoms with E-state index < -0.39 is 38.0 Å². The second-order valence-electron chi connectivity index (χ2n) is 7.24. The van der Waals surface area contributed by atoms with Crippen LogP contribution >= 0.6 is 0 Å². The summed E-state index contributed by atoms with van der Waals surface area (Å²) in [6.07, 6.45) is 4.46. The first kappa shape index (κ1) is 21.7. The molecule has 0 aliphatic heterocycles. The number of amides is 1. The Labute approximate surface area is 174 Å². The van der Waals surface area contributed by atoms with Crippen molar-refractivity contribution in [1.82, 2.24) is 5.32 Å². The molecule has 2 aromatic rings. The van der Waals surface area contributed by atoms with Crippen LogP contribution in [0.2, 0.25) is 0 Å². The van der Waals surface area contributed by atoms with Crippen molar-refractivity contribution in [3.63, 3.8) is 0 Å². The maximum absolute atomic E-state index is 12.3. The number of aryl methyl sites for hydroxylation is 2. The van der Waals surface area contributed by atoms with Gasteiger partial charge in [-0.1, -0.05) is 18.2 Å². The van der Waals surface area contributed by atoms with Crippen LogP contribution < -0.4 is 15.2 Å². The Kier molecular flexibility index (Phi) is 6.37. The smallest absolute Gasteiger partial charge is 0.312 e. The molecule has 3 rings (SSSR count). The predicted octanol–water partition coefficient (Wildman–Crippen LogP) is 2.38. The molecule has 160 valence electrons. The molecule has 9 nitrogen and oxygen atoms in total. The predicted molar refractivity (Wildman–Crippen MR) is 110 cm³/mol. The third-order valence-electron chi connectivity index (χ3n) is 5.06. The molecule has 10 heteroatoms. The van der Waals surface area contributed by atoms with Gasteiger partial charge < -0.3 is 10.1 Å². The molecular formula is C20H23N3O6S. The number of nitrogens with one attached hydrogen (secondary N) is 1. The van der Waals surface area contributed by atoms with Gasteiger partial charge in [-0.25, -0.2) is 13.6 Å². The summed E-state index contributed by atoms with van der Waals surface area (Å²) in [5.74, 6) is -0.672. The minimum Gasteiger partial charge on any atom is -0.477 e. The van der Waals surface area contributed by atoms with Gasteiger partial charge in [-0.2, -0.15) is 0 Å². The van der Waals surface area contributed by atoms with Crippen molar-refractivity contribution in [2.45, 2.75) is 43.5 Å². The van der Waals surface area contributed by atoms with E-state index in [4.69, 9.17) is 9.88 Å². The van der Waals surface area contributed by atoms with Crippen LogP contribution in [-0.4, -0.2) is 25.9 Å². The molecule has 2 aromatic carbocycles. The lowest BCUT2D eigenvalue weighted by Crippen LogP contribution is -2.31. The van der Waals surface area contributed by atoms with Crippen LogP contribution in [0.3, 0.4) is 0 Å². The van der Waals surface area contributed by atoms with Crippen LogP contribution in [0.1, 0.15) is 42.5 Å². The Balaban J connectivity index is 1.65. The Bertz CT molecular complexity index is 1080. The molecule has 1 amide bonds. The number of fused-ring (bicyclic) bond motifs is 1. The van der Waals surface area contributed by atoms with Gasteiger partial charge in [-0.05, 0) is 61.4 Å². The molecule has 0 heterocycles. The Morgan fingerprint density at radius 2 is 1.90 bits per heavy atom. The first-order chi connectivity index (χ1) is 14.1. The first-order valence-electron chi connectivity index (χ1n) is 9.50. The number of rotatable bonds is 7. The summed E-state index contributed by atoms with van der Waals surface area (Å²) in [5.41, 5.74) is 3.05. The molecular weight excluding hydrogens is 410 g/mol. The summed E-state index contributed by atoms with van der Waals surface area (Å²) in [6.45, 7) is 1.40. The molecule has 0 saturated carbocycles. The average molecular weight is 433 g/mol. The molecule has 1 unspecified atom stereocenters. The van der Waals surface area contributed by atoms with Crippen LogP contribution in [0.5, 0.6) is 5.75 Å². The number of ether oxygens (including phenoxy) is 1. The van der Waals surface area contributed by atoms with Gasteiger partial charge in [0.05, 0.1) is 15.9 Å². The van der Waals surface area contributed by atoms with Crippen molar-refractivity contribution in [2.75, 3.05) is 6.61 Å². The largest absolute Gasteiger partial charge is 0.477 e. The molecule has 0 fully saturated rings. The molecule has 1 atom stereocenters. The normalized spacial score (nSPS) is 14.5. The maximum Gasteiger partial charge on any atom is 0.312 e. The fourth-order valence-electron chi connectivity index (χ4n) is 3.47. The monoisotopic (exact) mass is 433 g/mol. The Morgan fingerprint density at radius 1 is 1.20 bits per heavy atom. The number of carbonyl (C=O) groups is 1. The number of sulfonamides is 1. The summed E-state index contributed by atoms with van der Waals surface area (Å²) in [5, 5.41) is 19.0. The van der Waals surface area contributed by atoms with E-state index in [1.807, 2.05) is 13.0 Å². The molecule has 30 heavy (non-hydrogen) atoms. The zero-order valence-electron chi connectivity index (χ0n) is 16.5. The van der Waals surface area contributed by atoms with Crippen molar-refractivity contribution < 1.29 is 22.9 Å². The highest BCUT2D eigenvalue weighted by Gasteiger charge is 2.21. The van der Waals surface area contributed by atoms with Gasteiger partial charge in [-0.15, -0.1) is 0 Å². The van der Waals surface area contributed by atoms with Gasteiger partial charge in [0.1, 0.15) is 0 Å². The second-order valence-corrected chi connectivity index (χ2v) is 8.81. The van der Waals surface area contributed by atoms with Crippen molar-refractivity contribution >= 4 is 21.6 Å². The third-order valence-corrected chi connectivity index (χ3v) is 5.98. The maximum atomic E-state index is 12.3. The number of hydrogen-bond donors (Lipinski definition) is 2. The lowest BCUT2D eigenvalue weighted by Gasteiger charge is -2.20. The highest BCUT2D eigenvalue weighted by Crippen LogP contribution is 2.29. The van der Waals surface area contributed by atoms with Gasteiger partial charge in [-0.3, -0.25) is 14.9 Å². The third kappa shape index (κ3) is 5.14. The number of nitro groups is 1. The van der Waals surface area contributed by atoms with Gasteiger partial charge in [0, 0.05) is 6.07 Å². The lowest BCUT2D eigenvalue weighted by atomic mass is 9.89. The topological polar surface area (TPSA) is 142 Å². The minimum absolute atomic E-state index is 0.219. The van der Waals surface area contributed by atoms with Gasteiger partial charge in [0.2, 0.25) is 10.0 Å². The van der Waals surface area contributed by atoms with E-state index in [1.54, 1.807) is 0 Å². The number of carbonyl (C=O) groups excluding carboxylic acids is 1. The number of nitrogens with zero attached hydrogens (tertiary/aromatic N) is 1. The molecule has 0 saturated heterocycles. The number of benzene rings is 2. The van der Waals surface area contributed by atoms with E-state index in [0.717, 1.165) is 43.0 Å². The van der Waals surface area contributed by atoms with Crippen molar-refractivity contribution in [3.8, 4) is 5.75 Å². The van der Waals surface area contributed by atoms with Crippen LogP contribution in [0.4, 0.5) is 5.69 Å². The van der Waals surface area contributed by atoms with Crippen LogP contribution in [0.25, 0.3) is 0 Å².